The summed E-state index contributed by atoms with van der Waals surface area (Å²) in [6.45, 7) is 2.24. The van der Waals surface area contributed by atoms with Crippen molar-refractivity contribution in [1.29, 1.82) is 0 Å². The first kappa shape index (κ1) is 12.4. The van der Waals surface area contributed by atoms with E-state index in [9.17, 15) is 4.79 Å². The average molecular weight is 259 g/mol. The van der Waals surface area contributed by atoms with Gasteiger partial charge in [-0.1, -0.05) is 18.2 Å². The Morgan fingerprint density at radius 3 is 3.00 bits per heavy atom. The van der Waals surface area contributed by atoms with Crippen LogP contribution in [0.5, 0.6) is 0 Å². The Hall–Kier alpha value is -1.65. The van der Waals surface area contributed by atoms with Crippen molar-refractivity contribution in [3.05, 3.63) is 36.1 Å². The SMILES string of the molecule is O=C(CN1CCC(CO)C1)c1cc2ccccc2o1. The third-order valence-corrected chi connectivity index (χ3v) is 3.70. The summed E-state index contributed by atoms with van der Waals surface area (Å²) in [6, 6.07) is 9.43. The molecule has 0 aliphatic carbocycles. The summed E-state index contributed by atoms with van der Waals surface area (Å²) in [4.78, 5) is 14.2. The highest BCUT2D eigenvalue weighted by Gasteiger charge is 2.24. The molecule has 1 fully saturated rings. The van der Waals surface area contributed by atoms with Crippen molar-refractivity contribution in [3.63, 3.8) is 0 Å². The van der Waals surface area contributed by atoms with Crippen molar-refractivity contribution < 1.29 is 14.3 Å². The topological polar surface area (TPSA) is 53.7 Å². The fraction of sp³-hybridized carbons (Fsp3) is 0.400. The van der Waals surface area contributed by atoms with Crippen molar-refractivity contribution in [1.82, 2.24) is 4.90 Å². The molecule has 2 heterocycles. The van der Waals surface area contributed by atoms with Gasteiger partial charge in [0.1, 0.15) is 5.58 Å². The van der Waals surface area contributed by atoms with Crippen molar-refractivity contribution in [3.8, 4) is 0 Å². The first-order valence-electron chi connectivity index (χ1n) is 6.61. The summed E-state index contributed by atoms with van der Waals surface area (Å²) in [5.74, 6) is 0.743. The maximum Gasteiger partial charge on any atom is 0.211 e. The Balaban J connectivity index is 1.70. The molecule has 1 aromatic carbocycles. The molecule has 1 aromatic heterocycles. The van der Waals surface area contributed by atoms with Gasteiger partial charge in [0.25, 0.3) is 0 Å². The minimum atomic E-state index is 0.00906. The van der Waals surface area contributed by atoms with Gasteiger partial charge in [0.2, 0.25) is 5.78 Å². The normalized spacial score (nSPS) is 20.2. The van der Waals surface area contributed by atoms with Gasteiger partial charge in [-0.3, -0.25) is 9.69 Å². The van der Waals surface area contributed by atoms with Gasteiger partial charge in [-0.05, 0) is 31.0 Å². The summed E-state index contributed by atoms with van der Waals surface area (Å²) >= 11 is 0. The van der Waals surface area contributed by atoms with Gasteiger partial charge in [0, 0.05) is 18.5 Å². The molecule has 1 unspecified atom stereocenters. The zero-order chi connectivity index (χ0) is 13.2. The fourth-order valence-corrected chi connectivity index (χ4v) is 2.61. The maximum atomic E-state index is 12.2. The number of aliphatic hydroxyl groups is 1. The first-order chi connectivity index (χ1) is 9.26. The van der Waals surface area contributed by atoms with E-state index in [0.29, 0.717) is 18.2 Å². The molecule has 1 N–H and O–H groups in total. The van der Waals surface area contributed by atoms with Crippen molar-refractivity contribution in [2.45, 2.75) is 6.42 Å². The van der Waals surface area contributed by atoms with E-state index in [1.165, 1.54) is 0 Å². The third kappa shape index (κ3) is 2.55. The Morgan fingerprint density at radius 1 is 1.42 bits per heavy atom. The minimum Gasteiger partial charge on any atom is -0.453 e. The number of benzene rings is 1. The molecule has 100 valence electrons. The number of hydrogen-bond donors (Lipinski definition) is 1. The van der Waals surface area contributed by atoms with E-state index in [1.807, 2.05) is 24.3 Å². The lowest BCUT2D eigenvalue weighted by Gasteiger charge is -2.13. The minimum absolute atomic E-state index is 0.00906. The Morgan fingerprint density at radius 2 is 2.26 bits per heavy atom. The van der Waals surface area contributed by atoms with Crippen LogP contribution >= 0.6 is 0 Å². The standard InChI is InChI=1S/C15H17NO3/c17-10-11-5-6-16(8-11)9-13(18)15-7-12-3-1-2-4-14(12)19-15/h1-4,7,11,17H,5-6,8-10H2. The third-order valence-electron chi connectivity index (χ3n) is 3.70. The summed E-state index contributed by atoms with van der Waals surface area (Å²) < 4.78 is 5.57. The number of ketones is 1. The van der Waals surface area contributed by atoms with Gasteiger partial charge in [-0.15, -0.1) is 0 Å². The molecule has 4 heteroatoms. The molecule has 1 aliphatic heterocycles. The average Bonchev–Trinajstić information content (AvgIpc) is 3.04. The number of nitrogens with zero attached hydrogens (tertiary/aromatic N) is 1. The van der Waals surface area contributed by atoms with E-state index in [4.69, 9.17) is 9.52 Å². The lowest BCUT2D eigenvalue weighted by molar-refractivity contribution is 0.0915. The zero-order valence-corrected chi connectivity index (χ0v) is 10.7. The number of likely N-dealkylation sites (tertiary alicyclic amines) is 1. The number of Topliss-reactive ketones (excluding diaryl/α,β-unsaturated/α-hetero) is 1. The molecular weight excluding hydrogens is 242 g/mol. The van der Waals surface area contributed by atoms with Crippen LogP contribution in [0.25, 0.3) is 11.0 Å². The summed E-state index contributed by atoms with van der Waals surface area (Å²) in [5, 5.41) is 10.1. The highest BCUT2D eigenvalue weighted by Crippen LogP contribution is 2.20. The molecule has 0 radical (unpaired) electrons. The molecule has 0 bridgehead atoms. The van der Waals surface area contributed by atoms with Crippen LogP contribution in [0.15, 0.2) is 34.7 Å². The Kier molecular flexibility index (Phi) is 3.36. The number of rotatable bonds is 4. The molecule has 1 atom stereocenters. The molecule has 3 rings (SSSR count). The van der Waals surface area contributed by atoms with Gasteiger partial charge >= 0.3 is 0 Å². The van der Waals surface area contributed by atoms with E-state index in [1.54, 1.807) is 6.07 Å². The zero-order valence-electron chi connectivity index (χ0n) is 10.7. The van der Waals surface area contributed by atoms with Gasteiger partial charge in [0.15, 0.2) is 5.76 Å². The molecular formula is C15H17NO3. The Bertz CT molecular complexity index is 557. The van der Waals surface area contributed by atoms with Crippen molar-refractivity contribution in [2.24, 2.45) is 5.92 Å². The number of aliphatic hydroxyl groups excluding tert-OH is 1. The quantitative estimate of drug-likeness (QED) is 0.852. The number of fused-ring (bicyclic) bond motifs is 1. The number of carbonyl (C=O) groups excluding carboxylic acids is 1. The molecule has 19 heavy (non-hydrogen) atoms. The second-order valence-electron chi connectivity index (χ2n) is 5.14. The van der Waals surface area contributed by atoms with Crippen LogP contribution in [0.4, 0.5) is 0 Å². The summed E-state index contributed by atoms with van der Waals surface area (Å²) in [7, 11) is 0. The number of hydrogen-bond acceptors (Lipinski definition) is 4. The van der Waals surface area contributed by atoms with Crippen molar-refractivity contribution in [2.75, 3.05) is 26.2 Å². The van der Waals surface area contributed by atoms with Gasteiger partial charge in [0.05, 0.1) is 6.54 Å². The van der Waals surface area contributed by atoms with Crippen molar-refractivity contribution >= 4 is 16.8 Å². The van der Waals surface area contributed by atoms with Crippen LogP contribution in [-0.4, -0.2) is 42.0 Å². The molecule has 4 nitrogen and oxygen atoms in total. The summed E-state index contributed by atoms with van der Waals surface area (Å²) in [6.07, 6.45) is 0.962. The van der Waals surface area contributed by atoms with Gasteiger partial charge in [-0.25, -0.2) is 0 Å². The number of furan rings is 1. The smallest absolute Gasteiger partial charge is 0.211 e. The molecule has 2 aromatic rings. The van der Waals surface area contributed by atoms with E-state index in [2.05, 4.69) is 4.90 Å². The molecule has 1 saturated heterocycles. The van der Waals surface area contributed by atoms with Gasteiger partial charge in [-0.2, -0.15) is 0 Å². The largest absolute Gasteiger partial charge is 0.453 e. The predicted molar refractivity (Wildman–Crippen MR) is 72.2 cm³/mol. The van der Waals surface area contributed by atoms with Crippen LogP contribution in [-0.2, 0) is 0 Å². The molecule has 0 spiro atoms. The highest BCUT2D eigenvalue weighted by molar-refractivity contribution is 5.98. The fourth-order valence-electron chi connectivity index (χ4n) is 2.61. The molecule has 0 amide bonds. The lowest BCUT2D eigenvalue weighted by atomic mass is 10.1. The lowest BCUT2D eigenvalue weighted by Crippen LogP contribution is -2.28. The monoisotopic (exact) mass is 259 g/mol. The predicted octanol–water partition coefficient (Wildman–Crippen LogP) is 1.93. The van der Waals surface area contributed by atoms with E-state index >= 15 is 0 Å². The maximum absolute atomic E-state index is 12.2. The number of carbonyl (C=O) groups is 1. The van der Waals surface area contributed by atoms with E-state index < -0.39 is 0 Å². The van der Waals surface area contributed by atoms with E-state index in [0.717, 1.165) is 30.5 Å². The van der Waals surface area contributed by atoms with Crippen LogP contribution < -0.4 is 0 Å². The van der Waals surface area contributed by atoms with Crippen LogP contribution in [0, 0.1) is 5.92 Å². The highest BCUT2D eigenvalue weighted by atomic mass is 16.3. The summed E-state index contributed by atoms with van der Waals surface area (Å²) in [5.41, 5.74) is 0.750. The molecule has 1 aliphatic rings. The molecule has 0 saturated carbocycles. The number of para-hydroxylation sites is 1. The van der Waals surface area contributed by atoms with E-state index in [-0.39, 0.29) is 12.4 Å². The van der Waals surface area contributed by atoms with Gasteiger partial charge < -0.3 is 9.52 Å². The first-order valence-corrected chi connectivity index (χ1v) is 6.61. The second-order valence-corrected chi connectivity index (χ2v) is 5.14. The van der Waals surface area contributed by atoms with Crippen LogP contribution in [0.2, 0.25) is 0 Å². The second kappa shape index (κ2) is 5.15. The van der Waals surface area contributed by atoms with Crippen LogP contribution in [0.3, 0.4) is 0 Å². The van der Waals surface area contributed by atoms with Crippen LogP contribution in [0.1, 0.15) is 17.0 Å². The Labute approximate surface area is 111 Å².